The first kappa shape index (κ1) is 20.7. The van der Waals surface area contributed by atoms with Crippen molar-refractivity contribution in [2.45, 2.75) is 34.6 Å². The maximum atomic E-state index is 12.3. The number of anilines is 1. The van der Waals surface area contributed by atoms with Gasteiger partial charge in [-0.25, -0.2) is 4.79 Å². The summed E-state index contributed by atoms with van der Waals surface area (Å²) in [6.07, 6.45) is 0. The van der Waals surface area contributed by atoms with Gasteiger partial charge < -0.3 is 15.0 Å². The van der Waals surface area contributed by atoms with Gasteiger partial charge in [-0.2, -0.15) is 0 Å². The molecule has 0 aliphatic carbocycles. The average Bonchev–Trinajstić information content (AvgIpc) is 2.50. The zero-order valence-corrected chi connectivity index (χ0v) is 15.7. The van der Waals surface area contributed by atoms with Gasteiger partial charge in [0, 0.05) is 25.7 Å². The van der Waals surface area contributed by atoms with Crippen molar-refractivity contribution in [2.24, 2.45) is 11.8 Å². The summed E-state index contributed by atoms with van der Waals surface area (Å²) in [5, 5.41) is 2.62. The topological polar surface area (TPSA) is 75.7 Å². The highest BCUT2D eigenvalue weighted by Crippen LogP contribution is 2.11. The molecule has 0 radical (unpaired) electrons. The first-order chi connectivity index (χ1) is 11.7. The van der Waals surface area contributed by atoms with Gasteiger partial charge in [-0.05, 0) is 36.1 Å². The maximum Gasteiger partial charge on any atom is 0.338 e. The Morgan fingerprint density at radius 2 is 1.52 bits per heavy atom. The van der Waals surface area contributed by atoms with Crippen molar-refractivity contribution in [3.8, 4) is 0 Å². The van der Waals surface area contributed by atoms with E-state index in [0.717, 1.165) is 0 Å². The van der Waals surface area contributed by atoms with Crippen LogP contribution in [0.15, 0.2) is 24.3 Å². The van der Waals surface area contributed by atoms with Crippen LogP contribution >= 0.6 is 0 Å². The van der Waals surface area contributed by atoms with Crippen LogP contribution in [0.1, 0.15) is 45.0 Å². The molecule has 1 N–H and O–H groups in total. The normalized spacial score (nSPS) is 10.7. The third kappa shape index (κ3) is 7.83. The van der Waals surface area contributed by atoms with Gasteiger partial charge in [0.1, 0.15) is 0 Å². The predicted octanol–water partition coefficient (Wildman–Crippen LogP) is 2.94. The van der Waals surface area contributed by atoms with E-state index in [1.165, 1.54) is 6.92 Å². The molecule has 1 rings (SSSR count). The molecule has 1 aromatic rings. The minimum atomic E-state index is -0.559. The summed E-state index contributed by atoms with van der Waals surface area (Å²) in [5.74, 6) is -0.238. The molecule has 6 nitrogen and oxygen atoms in total. The van der Waals surface area contributed by atoms with Crippen LogP contribution in [0.25, 0.3) is 0 Å². The molecule has 2 amide bonds. The molecule has 1 aromatic carbocycles. The molecule has 0 unspecified atom stereocenters. The van der Waals surface area contributed by atoms with Crippen molar-refractivity contribution < 1.29 is 19.1 Å². The van der Waals surface area contributed by atoms with Gasteiger partial charge in [0.25, 0.3) is 5.91 Å². The molecule has 0 saturated carbocycles. The monoisotopic (exact) mass is 348 g/mol. The maximum absolute atomic E-state index is 12.3. The molecule has 0 aliphatic heterocycles. The molecule has 6 heteroatoms. The molecule has 0 saturated heterocycles. The van der Waals surface area contributed by atoms with Crippen LogP contribution in [-0.2, 0) is 14.3 Å². The lowest BCUT2D eigenvalue weighted by molar-refractivity contribution is -0.135. The predicted molar refractivity (Wildman–Crippen MR) is 97.3 cm³/mol. The molecule has 0 spiro atoms. The number of benzene rings is 1. The molecule has 0 heterocycles. The van der Waals surface area contributed by atoms with Crippen molar-refractivity contribution in [2.75, 3.05) is 25.0 Å². The van der Waals surface area contributed by atoms with Gasteiger partial charge in [-0.1, -0.05) is 27.7 Å². The van der Waals surface area contributed by atoms with Crippen LogP contribution in [0.5, 0.6) is 0 Å². The SMILES string of the molecule is CC(=O)Nc1ccc(C(=O)OCC(=O)N(CC(C)C)CC(C)C)cc1. The zero-order valence-electron chi connectivity index (χ0n) is 15.7. The number of ether oxygens (including phenoxy) is 1. The van der Waals surface area contributed by atoms with Gasteiger partial charge in [0.15, 0.2) is 6.61 Å². The van der Waals surface area contributed by atoms with Crippen molar-refractivity contribution in [1.82, 2.24) is 4.90 Å². The van der Waals surface area contributed by atoms with E-state index in [4.69, 9.17) is 4.74 Å². The summed E-state index contributed by atoms with van der Waals surface area (Å²) in [7, 11) is 0. The van der Waals surface area contributed by atoms with Gasteiger partial charge in [0.05, 0.1) is 5.56 Å². The first-order valence-corrected chi connectivity index (χ1v) is 8.51. The second-order valence-corrected chi connectivity index (χ2v) is 6.92. The van der Waals surface area contributed by atoms with E-state index in [9.17, 15) is 14.4 Å². The highest BCUT2D eigenvalue weighted by atomic mass is 16.5. The van der Waals surface area contributed by atoms with E-state index < -0.39 is 5.97 Å². The van der Waals surface area contributed by atoms with Gasteiger partial charge in [-0.3, -0.25) is 9.59 Å². The Hall–Kier alpha value is -2.37. The Morgan fingerprint density at radius 3 is 1.96 bits per heavy atom. The lowest BCUT2D eigenvalue weighted by Crippen LogP contribution is -2.39. The molecule has 0 fully saturated rings. The smallest absolute Gasteiger partial charge is 0.338 e. The van der Waals surface area contributed by atoms with Crippen molar-refractivity contribution in [3.63, 3.8) is 0 Å². The number of hydrogen-bond donors (Lipinski definition) is 1. The summed E-state index contributed by atoms with van der Waals surface area (Å²) in [4.78, 5) is 37.1. The van der Waals surface area contributed by atoms with Gasteiger partial charge in [-0.15, -0.1) is 0 Å². The lowest BCUT2D eigenvalue weighted by atomic mass is 10.1. The van der Waals surface area contributed by atoms with E-state index in [1.807, 2.05) is 27.7 Å². The number of esters is 1. The quantitative estimate of drug-likeness (QED) is 0.733. The Morgan fingerprint density at radius 1 is 1.00 bits per heavy atom. The molecular weight excluding hydrogens is 320 g/mol. The Bertz CT molecular complexity index is 584. The highest BCUT2D eigenvalue weighted by molar-refractivity contribution is 5.93. The van der Waals surface area contributed by atoms with Crippen LogP contribution in [0.4, 0.5) is 5.69 Å². The van der Waals surface area contributed by atoms with Crippen LogP contribution < -0.4 is 5.32 Å². The summed E-state index contributed by atoms with van der Waals surface area (Å²) >= 11 is 0. The zero-order chi connectivity index (χ0) is 19.0. The van der Waals surface area contributed by atoms with Crippen LogP contribution in [-0.4, -0.2) is 42.4 Å². The van der Waals surface area contributed by atoms with E-state index in [0.29, 0.717) is 36.2 Å². The number of rotatable bonds is 8. The number of amides is 2. The molecule has 25 heavy (non-hydrogen) atoms. The van der Waals surface area contributed by atoms with E-state index >= 15 is 0 Å². The summed E-state index contributed by atoms with van der Waals surface area (Å²) in [6, 6.07) is 6.34. The Kier molecular flexibility index (Phi) is 8.11. The fourth-order valence-electron chi connectivity index (χ4n) is 2.35. The first-order valence-electron chi connectivity index (χ1n) is 8.51. The highest BCUT2D eigenvalue weighted by Gasteiger charge is 2.18. The Balaban J connectivity index is 2.61. The van der Waals surface area contributed by atoms with Crippen molar-refractivity contribution in [1.29, 1.82) is 0 Å². The van der Waals surface area contributed by atoms with Crippen LogP contribution in [0.2, 0.25) is 0 Å². The van der Waals surface area contributed by atoms with Gasteiger partial charge >= 0.3 is 5.97 Å². The molecule has 0 aliphatic rings. The third-order valence-corrected chi connectivity index (χ3v) is 3.29. The largest absolute Gasteiger partial charge is 0.452 e. The molecule has 138 valence electrons. The molecular formula is C19H28N2O4. The summed E-state index contributed by atoms with van der Waals surface area (Å²) in [5.41, 5.74) is 0.932. The molecule has 0 aromatic heterocycles. The number of hydrogen-bond acceptors (Lipinski definition) is 4. The second-order valence-electron chi connectivity index (χ2n) is 6.92. The fourth-order valence-corrected chi connectivity index (χ4v) is 2.35. The minimum absolute atomic E-state index is 0.184. The van der Waals surface area contributed by atoms with E-state index in [-0.39, 0.29) is 18.4 Å². The number of carbonyl (C=O) groups is 3. The molecule has 0 bridgehead atoms. The lowest BCUT2D eigenvalue weighted by Gasteiger charge is -2.26. The van der Waals surface area contributed by atoms with Crippen molar-refractivity contribution in [3.05, 3.63) is 29.8 Å². The van der Waals surface area contributed by atoms with E-state index in [2.05, 4.69) is 5.32 Å². The fraction of sp³-hybridized carbons (Fsp3) is 0.526. The summed E-state index contributed by atoms with van der Waals surface area (Å²) < 4.78 is 5.14. The average molecular weight is 348 g/mol. The Labute approximate surface area is 149 Å². The van der Waals surface area contributed by atoms with Gasteiger partial charge in [0.2, 0.25) is 5.91 Å². The molecule has 0 atom stereocenters. The number of nitrogens with one attached hydrogen (secondary N) is 1. The van der Waals surface area contributed by atoms with Crippen LogP contribution in [0.3, 0.4) is 0 Å². The standard InChI is InChI=1S/C19H28N2O4/c1-13(2)10-21(11-14(3)4)18(23)12-25-19(24)16-6-8-17(9-7-16)20-15(5)22/h6-9,13-14H,10-12H2,1-5H3,(H,20,22). The second kappa shape index (κ2) is 9.81. The third-order valence-electron chi connectivity index (χ3n) is 3.29. The number of carbonyl (C=O) groups excluding carboxylic acids is 3. The van der Waals surface area contributed by atoms with Crippen LogP contribution in [0, 0.1) is 11.8 Å². The summed E-state index contributed by atoms with van der Waals surface area (Å²) in [6.45, 7) is 10.6. The number of nitrogens with zero attached hydrogens (tertiary/aromatic N) is 1. The minimum Gasteiger partial charge on any atom is -0.452 e. The van der Waals surface area contributed by atoms with Crippen molar-refractivity contribution >= 4 is 23.5 Å². The van der Waals surface area contributed by atoms with E-state index in [1.54, 1.807) is 29.2 Å².